The second kappa shape index (κ2) is 10.4. The van der Waals surface area contributed by atoms with Crippen LogP contribution in [0.3, 0.4) is 0 Å². The van der Waals surface area contributed by atoms with E-state index in [1.165, 1.54) is 0 Å². The van der Waals surface area contributed by atoms with E-state index in [1.807, 2.05) is 25.7 Å². The number of carbonyl (C=O) groups is 1. The minimum absolute atomic E-state index is 0.0721. The predicted octanol–water partition coefficient (Wildman–Crippen LogP) is 5.98. The minimum Gasteiger partial charge on any atom is -0.362 e. The number of aryl methyl sites for hydroxylation is 2. The Morgan fingerprint density at radius 1 is 1.15 bits per heavy atom. The van der Waals surface area contributed by atoms with Crippen molar-refractivity contribution in [1.29, 1.82) is 5.26 Å². The topological polar surface area (TPSA) is 65.2 Å². The molecule has 206 valence electrons. The smallest absolute Gasteiger partial charge is 0.362 e. The Kier molecular flexibility index (Phi) is 7.48. The van der Waals surface area contributed by atoms with Crippen molar-refractivity contribution in [2.75, 3.05) is 18.0 Å². The molecule has 1 aliphatic rings. The fourth-order valence-electron chi connectivity index (χ4n) is 4.89. The van der Waals surface area contributed by atoms with Crippen LogP contribution in [0.4, 0.5) is 23.2 Å². The number of likely N-dealkylation sites (tertiary alicyclic amines) is 1. The van der Waals surface area contributed by atoms with Gasteiger partial charge in [0, 0.05) is 43.8 Å². The van der Waals surface area contributed by atoms with E-state index in [-0.39, 0.29) is 36.0 Å². The molecule has 1 aliphatic heterocycles. The van der Waals surface area contributed by atoms with Gasteiger partial charge in [-0.3, -0.25) is 9.48 Å². The largest absolute Gasteiger partial charge is 0.416 e. The van der Waals surface area contributed by atoms with Crippen molar-refractivity contribution in [2.24, 2.45) is 7.05 Å². The first kappa shape index (κ1) is 28.1. The van der Waals surface area contributed by atoms with Crippen molar-refractivity contribution in [2.45, 2.75) is 58.3 Å². The number of rotatable bonds is 5. The zero-order valence-corrected chi connectivity index (χ0v) is 22.6. The molecule has 1 fully saturated rings. The van der Waals surface area contributed by atoms with Gasteiger partial charge in [-0.1, -0.05) is 26.8 Å². The van der Waals surface area contributed by atoms with E-state index in [9.17, 15) is 27.6 Å². The fourth-order valence-corrected chi connectivity index (χ4v) is 4.89. The summed E-state index contributed by atoms with van der Waals surface area (Å²) in [6.07, 6.45) is -4.21. The summed E-state index contributed by atoms with van der Waals surface area (Å²) in [6, 6.07) is 11.4. The lowest BCUT2D eigenvalue weighted by Gasteiger charge is -2.32. The molecule has 0 bridgehead atoms. The summed E-state index contributed by atoms with van der Waals surface area (Å²) in [5.74, 6) is -1.16. The third-order valence-electron chi connectivity index (χ3n) is 7.14. The molecule has 0 spiro atoms. The first-order valence-electron chi connectivity index (χ1n) is 12.7. The van der Waals surface area contributed by atoms with Crippen LogP contribution in [0.5, 0.6) is 0 Å². The Morgan fingerprint density at radius 3 is 2.46 bits per heavy atom. The summed E-state index contributed by atoms with van der Waals surface area (Å²) in [5.41, 5.74) is 1.66. The molecule has 0 N–H and O–H groups in total. The molecule has 3 aromatic rings. The van der Waals surface area contributed by atoms with Crippen LogP contribution >= 0.6 is 0 Å². The fraction of sp³-hybridized carbons (Fsp3) is 0.414. The second-order valence-corrected chi connectivity index (χ2v) is 11.0. The summed E-state index contributed by atoms with van der Waals surface area (Å²) < 4.78 is 56.8. The molecule has 0 aliphatic carbocycles. The van der Waals surface area contributed by atoms with Gasteiger partial charge in [0.05, 0.1) is 22.9 Å². The van der Waals surface area contributed by atoms with Crippen LogP contribution < -0.4 is 4.90 Å². The Hall–Kier alpha value is -3.87. The highest BCUT2D eigenvalue weighted by molar-refractivity contribution is 5.93. The van der Waals surface area contributed by atoms with Gasteiger partial charge in [-0.25, -0.2) is 4.39 Å². The molecule has 0 saturated carbocycles. The Morgan fingerprint density at radius 2 is 1.87 bits per heavy atom. The quantitative estimate of drug-likeness (QED) is 0.373. The highest BCUT2D eigenvalue weighted by Crippen LogP contribution is 2.35. The van der Waals surface area contributed by atoms with E-state index >= 15 is 0 Å². The lowest BCUT2D eigenvalue weighted by molar-refractivity contribution is -0.138. The number of benzene rings is 2. The van der Waals surface area contributed by atoms with Crippen LogP contribution in [-0.2, 0) is 25.2 Å². The monoisotopic (exact) mass is 541 g/mol. The van der Waals surface area contributed by atoms with Crippen molar-refractivity contribution in [3.05, 3.63) is 81.9 Å². The van der Waals surface area contributed by atoms with Crippen LogP contribution in [0, 0.1) is 24.1 Å². The standard InChI is InChI=1S/C29H31F4N5O/c1-18-12-22(9-7-19(18)15-34)38(16-20-6-8-21(30)13-24(20)29(31,32)33)23-10-11-37(17-23)27(39)25-14-26(28(2,3)4)35-36(25)5/h6-9,12-14,23H,10-11,16-17H2,1-5H3. The average Bonchev–Trinajstić information content (AvgIpc) is 3.49. The maximum absolute atomic E-state index is 13.8. The van der Waals surface area contributed by atoms with Gasteiger partial charge in [0.1, 0.15) is 11.5 Å². The van der Waals surface area contributed by atoms with Gasteiger partial charge in [0.25, 0.3) is 5.91 Å². The van der Waals surface area contributed by atoms with Crippen LogP contribution in [0.1, 0.15) is 65.6 Å². The van der Waals surface area contributed by atoms with Gasteiger partial charge in [0.2, 0.25) is 0 Å². The van der Waals surface area contributed by atoms with Crippen LogP contribution in [0.25, 0.3) is 0 Å². The number of nitriles is 1. The van der Waals surface area contributed by atoms with Crippen molar-refractivity contribution >= 4 is 11.6 Å². The van der Waals surface area contributed by atoms with Gasteiger partial charge < -0.3 is 9.80 Å². The number of hydrogen-bond acceptors (Lipinski definition) is 4. The summed E-state index contributed by atoms with van der Waals surface area (Å²) in [7, 11) is 1.72. The van der Waals surface area contributed by atoms with Gasteiger partial charge in [0.15, 0.2) is 0 Å². The van der Waals surface area contributed by atoms with E-state index in [1.54, 1.807) is 47.8 Å². The molecule has 2 aromatic carbocycles. The number of alkyl halides is 3. The highest BCUT2D eigenvalue weighted by atomic mass is 19.4. The highest BCUT2D eigenvalue weighted by Gasteiger charge is 2.37. The summed E-state index contributed by atoms with van der Waals surface area (Å²) in [5, 5.41) is 13.8. The summed E-state index contributed by atoms with van der Waals surface area (Å²) in [6.45, 7) is 8.36. The van der Waals surface area contributed by atoms with Crippen molar-refractivity contribution in [3.8, 4) is 6.07 Å². The zero-order chi connectivity index (χ0) is 28.7. The van der Waals surface area contributed by atoms with Crippen molar-refractivity contribution in [3.63, 3.8) is 0 Å². The molecule has 1 unspecified atom stereocenters. The second-order valence-electron chi connectivity index (χ2n) is 11.0. The number of carbonyl (C=O) groups excluding carboxylic acids is 1. The Bertz CT molecular complexity index is 1430. The number of hydrogen-bond donors (Lipinski definition) is 0. The first-order valence-corrected chi connectivity index (χ1v) is 12.7. The lowest BCUT2D eigenvalue weighted by Crippen LogP contribution is -2.39. The zero-order valence-electron chi connectivity index (χ0n) is 22.6. The Balaban J connectivity index is 1.67. The third-order valence-corrected chi connectivity index (χ3v) is 7.14. The first-order chi connectivity index (χ1) is 18.2. The number of anilines is 1. The van der Waals surface area contributed by atoms with E-state index in [0.717, 1.165) is 17.8 Å². The van der Waals surface area contributed by atoms with Gasteiger partial charge in [-0.05, 0) is 60.9 Å². The van der Waals surface area contributed by atoms with Gasteiger partial charge in [-0.2, -0.15) is 23.5 Å². The van der Waals surface area contributed by atoms with E-state index < -0.39 is 17.6 Å². The molecule has 1 amide bonds. The van der Waals surface area contributed by atoms with Crippen LogP contribution in [-0.4, -0.2) is 39.7 Å². The van der Waals surface area contributed by atoms with Crippen LogP contribution in [0.2, 0.25) is 0 Å². The number of aromatic nitrogens is 2. The number of nitrogens with zero attached hydrogens (tertiary/aromatic N) is 5. The van der Waals surface area contributed by atoms with E-state index in [0.29, 0.717) is 41.5 Å². The summed E-state index contributed by atoms with van der Waals surface area (Å²) >= 11 is 0. The van der Waals surface area contributed by atoms with E-state index in [4.69, 9.17) is 0 Å². The van der Waals surface area contributed by atoms with Gasteiger partial charge in [-0.15, -0.1) is 0 Å². The molecule has 4 rings (SSSR count). The molecule has 2 heterocycles. The molecule has 0 radical (unpaired) electrons. The predicted molar refractivity (Wildman–Crippen MR) is 140 cm³/mol. The number of halogens is 4. The average molecular weight is 542 g/mol. The normalized spacial score (nSPS) is 15.9. The van der Waals surface area contributed by atoms with Crippen molar-refractivity contribution in [1.82, 2.24) is 14.7 Å². The van der Waals surface area contributed by atoms with Gasteiger partial charge >= 0.3 is 6.18 Å². The molecule has 1 saturated heterocycles. The molecule has 1 aromatic heterocycles. The maximum atomic E-state index is 13.8. The lowest BCUT2D eigenvalue weighted by atomic mass is 9.92. The molecular weight excluding hydrogens is 510 g/mol. The van der Waals surface area contributed by atoms with Crippen LogP contribution in [0.15, 0.2) is 42.5 Å². The molecule has 1 atom stereocenters. The maximum Gasteiger partial charge on any atom is 0.416 e. The number of amides is 1. The Labute approximate surface area is 225 Å². The summed E-state index contributed by atoms with van der Waals surface area (Å²) in [4.78, 5) is 17.0. The molecule has 10 heteroatoms. The van der Waals surface area contributed by atoms with E-state index in [2.05, 4.69) is 11.2 Å². The molecular formula is C29H31F4N5O. The SMILES string of the molecule is Cc1cc(N(Cc2ccc(F)cc2C(F)(F)F)C2CCN(C(=O)c3cc(C(C)(C)C)nn3C)C2)ccc1C#N. The molecule has 39 heavy (non-hydrogen) atoms. The molecule has 6 nitrogen and oxygen atoms in total. The van der Waals surface area contributed by atoms with Crippen molar-refractivity contribution < 1.29 is 22.4 Å². The third kappa shape index (κ3) is 5.92. The minimum atomic E-state index is -4.73.